The first-order chi connectivity index (χ1) is 11.3. The minimum atomic E-state index is -4.62. The second-order valence-corrected chi connectivity index (χ2v) is 5.51. The molecule has 0 aromatic carbocycles. The molecule has 0 radical (unpaired) electrons. The minimum Gasteiger partial charge on any atom is -0.364 e. The highest BCUT2D eigenvalue weighted by atomic mass is 19.4. The normalized spacial score (nSPS) is 11.9. The molecule has 0 fully saturated rings. The molecule has 3 aromatic heterocycles. The molecule has 0 atom stereocenters. The van der Waals surface area contributed by atoms with Crippen LogP contribution in [0.25, 0.3) is 5.65 Å². The lowest BCUT2D eigenvalue weighted by atomic mass is 10.1. The summed E-state index contributed by atoms with van der Waals surface area (Å²) < 4.78 is 39.8. The van der Waals surface area contributed by atoms with E-state index in [0.717, 1.165) is 21.2 Å². The number of nitrogens with one attached hydrogen (secondary N) is 1. The molecule has 6 nitrogen and oxygen atoms in total. The monoisotopic (exact) mass is 336 g/mol. The topological polar surface area (TPSA) is 68.0 Å². The van der Waals surface area contributed by atoms with E-state index in [1.165, 1.54) is 0 Å². The van der Waals surface area contributed by atoms with E-state index in [1.807, 2.05) is 13.0 Å². The second-order valence-electron chi connectivity index (χ2n) is 5.51. The molecular weight excluding hydrogens is 321 g/mol. The highest BCUT2D eigenvalue weighted by Crippen LogP contribution is 2.29. The highest BCUT2D eigenvalue weighted by molar-refractivity contribution is 5.58. The summed E-state index contributed by atoms with van der Waals surface area (Å²) in [5, 5.41) is 14.0. The first kappa shape index (κ1) is 16.2. The molecule has 3 aromatic rings. The Morgan fingerprint density at radius 2 is 1.88 bits per heavy atom. The average molecular weight is 336 g/mol. The molecule has 0 unspecified atom stereocenters. The van der Waals surface area contributed by atoms with Crippen LogP contribution in [-0.4, -0.2) is 24.8 Å². The van der Waals surface area contributed by atoms with Gasteiger partial charge in [-0.3, -0.25) is 4.98 Å². The van der Waals surface area contributed by atoms with Crippen molar-refractivity contribution < 1.29 is 13.2 Å². The van der Waals surface area contributed by atoms with Crippen LogP contribution in [0.3, 0.4) is 0 Å². The zero-order chi connectivity index (χ0) is 17.5. The molecule has 0 aliphatic heterocycles. The number of pyridine rings is 1. The van der Waals surface area contributed by atoms with Gasteiger partial charge in [-0.15, -0.1) is 15.3 Å². The first-order valence-electron chi connectivity index (χ1n) is 7.22. The molecule has 0 saturated heterocycles. The van der Waals surface area contributed by atoms with Crippen molar-refractivity contribution in [2.45, 2.75) is 33.5 Å². The molecule has 9 heteroatoms. The van der Waals surface area contributed by atoms with E-state index in [1.54, 1.807) is 26.2 Å². The maximum absolute atomic E-state index is 13.0. The molecule has 0 saturated carbocycles. The van der Waals surface area contributed by atoms with E-state index in [-0.39, 0.29) is 5.65 Å². The van der Waals surface area contributed by atoms with Crippen molar-refractivity contribution in [1.82, 2.24) is 24.8 Å². The molecule has 0 spiro atoms. The summed E-state index contributed by atoms with van der Waals surface area (Å²) in [5.41, 5.74) is 3.41. The van der Waals surface area contributed by atoms with Crippen LogP contribution in [0.15, 0.2) is 18.5 Å². The van der Waals surface area contributed by atoms with Gasteiger partial charge in [-0.05, 0) is 43.5 Å². The van der Waals surface area contributed by atoms with Gasteiger partial charge in [0.2, 0.25) is 0 Å². The van der Waals surface area contributed by atoms with Gasteiger partial charge in [-0.25, -0.2) is 0 Å². The third kappa shape index (κ3) is 2.77. The number of alkyl halides is 3. The summed E-state index contributed by atoms with van der Waals surface area (Å²) in [6.07, 6.45) is -1.22. The lowest BCUT2D eigenvalue weighted by molar-refractivity contribution is -0.146. The number of fused-ring (bicyclic) bond motifs is 1. The third-order valence-corrected chi connectivity index (χ3v) is 3.93. The van der Waals surface area contributed by atoms with Gasteiger partial charge >= 0.3 is 6.18 Å². The van der Waals surface area contributed by atoms with Crippen LogP contribution in [0, 0.1) is 20.8 Å². The van der Waals surface area contributed by atoms with Crippen molar-refractivity contribution in [3.8, 4) is 0 Å². The smallest absolute Gasteiger partial charge is 0.364 e. The number of aryl methyl sites for hydroxylation is 2. The van der Waals surface area contributed by atoms with E-state index >= 15 is 0 Å². The predicted octanol–water partition coefficient (Wildman–Crippen LogP) is 3.08. The molecule has 0 bridgehead atoms. The van der Waals surface area contributed by atoms with Crippen LogP contribution in [0.1, 0.15) is 28.1 Å². The van der Waals surface area contributed by atoms with Crippen LogP contribution >= 0.6 is 0 Å². The first-order valence-corrected chi connectivity index (χ1v) is 7.22. The van der Waals surface area contributed by atoms with Gasteiger partial charge < -0.3 is 5.32 Å². The minimum absolute atomic E-state index is 0.102. The predicted molar refractivity (Wildman–Crippen MR) is 81.6 cm³/mol. The Kier molecular flexibility index (Phi) is 3.86. The molecule has 3 heterocycles. The number of aromatic nitrogens is 5. The number of rotatable bonds is 3. The quantitative estimate of drug-likeness (QED) is 0.796. The van der Waals surface area contributed by atoms with E-state index in [9.17, 15) is 13.2 Å². The van der Waals surface area contributed by atoms with Crippen LogP contribution in [0.4, 0.5) is 19.0 Å². The Balaban J connectivity index is 2.02. The number of hydrogen-bond donors (Lipinski definition) is 1. The van der Waals surface area contributed by atoms with Gasteiger partial charge in [0.1, 0.15) is 0 Å². The lowest BCUT2D eigenvalue weighted by Crippen LogP contribution is -2.15. The fraction of sp³-hybridized carbons (Fsp3) is 0.333. The second kappa shape index (κ2) is 5.73. The van der Waals surface area contributed by atoms with Crippen molar-refractivity contribution in [2.75, 3.05) is 5.32 Å². The zero-order valence-corrected chi connectivity index (χ0v) is 13.3. The largest absolute Gasteiger partial charge is 0.453 e. The molecule has 24 heavy (non-hydrogen) atoms. The summed E-state index contributed by atoms with van der Waals surface area (Å²) in [4.78, 5) is 4.02. The van der Waals surface area contributed by atoms with Crippen LogP contribution < -0.4 is 5.32 Å². The van der Waals surface area contributed by atoms with E-state index in [2.05, 4.69) is 25.6 Å². The lowest BCUT2D eigenvalue weighted by Gasteiger charge is -2.13. The number of hydrogen-bond acceptors (Lipinski definition) is 5. The Morgan fingerprint density at radius 1 is 1.12 bits per heavy atom. The Bertz CT molecular complexity index is 900. The fourth-order valence-corrected chi connectivity index (χ4v) is 2.35. The number of anilines is 1. The van der Waals surface area contributed by atoms with Crippen molar-refractivity contribution in [1.29, 1.82) is 0 Å². The van der Waals surface area contributed by atoms with Crippen LogP contribution in [0.5, 0.6) is 0 Å². The highest BCUT2D eigenvalue weighted by Gasteiger charge is 2.38. The van der Waals surface area contributed by atoms with Crippen molar-refractivity contribution in [2.24, 2.45) is 0 Å². The van der Waals surface area contributed by atoms with Gasteiger partial charge in [0.05, 0.1) is 0 Å². The summed E-state index contributed by atoms with van der Waals surface area (Å²) in [7, 11) is 0. The van der Waals surface area contributed by atoms with Crippen LogP contribution in [-0.2, 0) is 12.7 Å². The SMILES string of the molecule is Cc1cnccc1CNc1nn2c(C(F)(F)F)nnc2c(C)c1C. The van der Waals surface area contributed by atoms with Gasteiger partial charge in [0.15, 0.2) is 11.5 Å². The Labute approximate surface area is 135 Å². The maximum atomic E-state index is 13.0. The maximum Gasteiger partial charge on any atom is 0.453 e. The fourth-order valence-electron chi connectivity index (χ4n) is 2.35. The van der Waals surface area contributed by atoms with Gasteiger partial charge in [-0.2, -0.15) is 17.7 Å². The zero-order valence-electron chi connectivity index (χ0n) is 13.3. The molecule has 1 N–H and O–H groups in total. The van der Waals surface area contributed by atoms with Crippen molar-refractivity contribution >= 4 is 11.5 Å². The summed E-state index contributed by atoms with van der Waals surface area (Å²) in [6.45, 7) is 5.83. The Morgan fingerprint density at radius 3 is 2.54 bits per heavy atom. The molecule has 3 rings (SSSR count). The molecule has 126 valence electrons. The third-order valence-electron chi connectivity index (χ3n) is 3.93. The Hall–Kier alpha value is -2.71. The van der Waals surface area contributed by atoms with E-state index in [0.29, 0.717) is 17.9 Å². The van der Waals surface area contributed by atoms with Gasteiger partial charge in [-0.1, -0.05) is 0 Å². The number of nitrogens with zero attached hydrogens (tertiary/aromatic N) is 5. The average Bonchev–Trinajstić information content (AvgIpc) is 2.95. The molecule has 0 amide bonds. The standard InChI is InChI=1S/C15H15F3N6/c1-8-6-19-5-4-11(8)7-20-12-9(2)10(3)13-21-22-14(15(16,17)18)24(13)23-12/h4-6H,7H2,1-3H3,(H,20,23). The number of halogens is 3. The van der Waals surface area contributed by atoms with Gasteiger partial charge in [0, 0.05) is 24.5 Å². The van der Waals surface area contributed by atoms with E-state index in [4.69, 9.17) is 0 Å². The molecule has 0 aliphatic rings. The molecule has 0 aliphatic carbocycles. The summed E-state index contributed by atoms with van der Waals surface area (Å²) in [5.74, 6) is -0.773. The van der Waals surface area contributed by atoms with E-state index < -0.39 is 12.0 Å². The van der Waals surface area contributed by atoms with Crippen LogP contribution in [0.2, 0.25) is 0 Å². The summed E-state index contributed by atoms with van der Waals surface area (Å²) in [6, 6.07) is 1.85. The molecular formula is C15H15F3N6. The van der Waals surface area contributed by atoms with Crippen molar-refractivity contribution in [3.05, 3.63) is 46.5 Å². The van der Waals surface area contributed by atoms with Crippen molar-refractivity contribution in [3.63, 3.8) is 0 Å². The summed E-state index contributed by atoms with van der Waals surface area (Å²) >= 11 is 0. The van der Waals surface area contributed by atoms with Gasteiger partial charge in [0.25, 0.3) is 5.82 Å².